The van der Waals surface area contributed by atoms with Crippen LogP contribution in [0.3, 0.4) is 0 Å². The summed E-state index contributed by atoms with van der Waals surface area (Å²) in [6.45, 7) is 0.354. The predicted octanol–water partition coefficient (Wildman–Crippen LogP) is 2.01. The van der Waals surface area contributed by atoms with Gasteiger partial charge in [-0.15, -0.1) is 0 Å². The Balaban J connectivity index is 1.92. The number of carbonyl (C=O) groups is 1. The first-order valence-corrected chi connectivity index (χ1v) is 7.43. The number of hydrogen-bond donors (Lipinski definition) is 1. The molecule has 0 radical (unpaired) electrons. The molecule has 124 valence electrons. The zero-order valence-electron chi connectivity index (χ0n) is 13.7. The second-order valence-electron chi connectivity index (χ2n) is 5.17. The van der Waals surface area contributed by atoms with Gasteiger partial charge in [0.25, 0.3) is 0 Å². The maximum atomic E-state index is 12.1. The number of pyridine rings is 1. The van der Waals surface area contributed by atoms with Crippen molar-refractivity contribution in [1.29, 1.82) is 5.26 Å². The number of amides is 1. The van der Waals surface area contributed by atoms with Crippen molar-refractivity contribution in [3.63, 3.8) is 0 Å². The van der Waals surface area contributed by atoms with Crippen molar-refractivity contribution in [3.05, 3.63) is 59.4 Å². The lowest BCUT2D eigenvalue weighted by atomic mass is 10.1. The highest BCUT2D eigenvalue weighted by molar-refractivity contribution is 5.78. The van der Waals surface area contributed by atoms with Crippen molar-refractivity contribution in [3.8, 4) is 11.8 Å². The Bertz CT molecular complexity index is 723. The Labute approximate surface area is 141 Å². The average Bonchev–Trinajstić information content (AvgIpc) is 2.63. The highest BCUT2D eigenvalue weighted by atomic mass is 16.5. The summed E-state index contributed by atoms with van der Waals surface area (Å²) in [4.78, 5) is 16.0. The maximum absolute atomic E-state index is 12.1. The minimum atomic E-state index is -0.247. The van der Waals surface area contributed by atoms with E-state index in [1.54, 1.807) is 26.5 Å². The number of ether oxygens (including phenoxy) is 2. The van der Waals surface area contributed by atoms with Crippen molar-refractivity contribution in [2.75, 3.05) is 20.8 Å². The van der Waals surface area contributed by atoms with E-state index in [-0.39, 0.29) is 18.4 Å². The molecule has 1 amide bonds. The first-order valence-electron chi connectivity index (χ1n) is 7.43. The van der Waals surface area contributed by atoms with Gasteiger partial charge >= 0.3 is 0 Å². The van der Waals surface area contributed by atoms with E-state index in [9.17, 15) is 4.79 Å². The minimum Gasteiger partial charge on any atom is -0.497 e. The SMILES string of the molecule is COc1ccc(C(CNC(=O)Cc2cncc(C#N)c2)OC)cc1. The van der Waals surface area contributed by atoms with E-state index in [1.807, 2.05) is 30.3 Å². The van der Waals surface area contributed by atoms with E-state index < -0.39 is 0 Å². The smallest absolute Gasteiger partial charge is 0.224 e. The zero-order valence-corrected chi connectivity index (χ0v) is 13.7. The molecule has 6 heteroatoms. The summed E-state index contributed by atoms with van der Waals surface area (Å²) in [6.07, 6.45) is 2.97. The molecule has 2 rings (SSSR count). The fourth-order valence-electron chi connectivity index (χ4n) is 2.26. The Hall–Kier alpha value is -2.91. The first kappa shape index (κ1) is 17.4. The Morgan fingerprint density at radius 2 is 2.04 bits per heavy atom. The summed E-state index contributed by atoms with van der Waals surface area (Å²) in [5, 5.41) is 11.7. The van der Waals surface area contributed by atoms with Gasteiger partial charge in [-0.25, -0.2) is 0 Å². The van der Waals surface area contributed by atoms with Crippen LogP contribution in [0.4, 0.5) is 0 Å². The molecule has 1 heterocycles. The van der Waals surface area contributed by atoms with Crippen LogP contribution in [-0.4, -0.2) is 31.7 Å². The molecule has 0 aliphatic carbocycles. The van der Waals surface area contributed by atoms with Crippen LogP contribution in [0.2, 0.25) is 0 Å². The molecule has 0 bridgehead atoms. The van der Waals surface area contributed by atoms with Crippen LogP contribution in [0.15, 0.2) is 42.7 Å². The van der Waals surface area contributed by atoms with Crippen LogP contribution in [-0.2, 0) is 16.0 Å². The third-order valence-corrected chi connectivity index (χ3v) is 3.55. The number of methoxy groups -OCH3 is 2. The number of carbonyl (C=O) groups excluding carboxylic acids is 1. The molecular formula is C18H19N3O3. The van der Waals surface area contributed by atoms with Crippen LogP contribution in [0.1, 0.15) is 22.8 Å². The van der Waals surface area contributed by atoms with E-state index >= 15 is 0 Å². The van der Waals surface area contributed by atoms with Gasteiger partial charge in [-0.05, 0) is 29.3 Å². The molecule has 1 atom stereocenters. The summed E-state index contributed by atoms with van der Waals surface area (Å²) < 4.78 is 10.6. The van der Waals surface area contributed by atoms with Gasteiger partial charge in [0.2, 0.25) is 5.91 Å². The number of benzene rings is 1. The standard InChI is InChI=1S/C18H19N3O3/c1-23-16-5-3-15(4-6-16)17(24-2)12-21-18(22)8-13-7-14(9-19)11-20-10-13/h3-7,10-11,17H,8,12H2,1-2H3,(H,21,22). The Morgan fingerprint density at radius 1 is 1.29 bits per heavy atom. The van der Waals surface area contributed by atoms with Gasteiger partial charge in [0, 0.05) is 26.0 Å². The van der Waals surface area contributed by atoms with Crippen LogP contribution in [0, 0.1) is 11.3 Å². The lowest BCUT2D eigenvalue weighted by Gasteiger charge is -2.17. The maximum Gasteiger partial charge on any atom is 0.224 e. The number of nitrogens with one attached hydrogen (secondary N) is 1. The summed E-state index contributed by atoms with van der Waals surface area (Å²) in [5.41, 5.74) is 2.09. The average molecular weight is 325 g/mol. The molecule has 24 heavy (non-hydrogen) atoms. The summed E-state index contributed by atoms with van der Waals surface area (Å²) in [7, 11) is 3.21. The molecule has 0 saturated carbocycles. The van der Waals surface area contributed by atoms with Crippen molar-refractivity contribution >= 4 is 5.91 Å². The number of nitrogens with zero attached hydrogens (tertiary/aromatic N) is 2. The molecule has 1 N–H and O–H groups in total. The van der Waals surface area contributed by atoms with Crippen LogP contribution in [0.25, 0.3) is 0 Å². The monoisotopic (exact) mass is 325 g/mol. The van der Waals surface area contributed by atoms with Gasteiger partial charge in [0.15, 0.2) is 0 Å². The van der Waals surface area contributed by atoms with E-state index in [1.165, 1.54) is 6.20 Å². The number of aromatic nitrogens is 1. The summed E-state index contributed by atoms with van der Waals surface area (Å²) in [5.74, 6) is 0.616. The molecule has 0 saturated heterocycles. The number of rotatable bonds is 7. The van der Waals surface area contributed by atoms with Crippen LogP contribution < -0.4 is 10.1 Å². The molecule has 0 fully saturated rings. The lowest BCUT2D eigenvalue weighted by Crippen LogP contribution is -2.30. The van der Waals surface area contributed by atoms with E-state index in [4.69, 9.17) is 14.7 Å². The molecule has 1 aromatic carbocycles. The molecule has 0 aliphatic heterocycles. The fraction of sp³-hybridized carbons (Fsp3) is 0.278. The molecular weight excluding hydrogens is 306 g/mol. The summed E-state index contributed by atoms with van der Waals surface area (Å²) >= 11 is 0. The summed E-state index contributed by atoms with van der Waals surface area (Å²) in [6, 6.07) is 11.2. The zero-order chi connectivity index (χ0) is 17.4. The van der Waals surface area contributed by atoms with Gasteiger partial charge in [-0.1, -0.05) is 12.1 Å². The topological polar surface area (TPSA) is 84.2 Å². The number of nitriles is 1. The van der Waals surface area contributed by atoms with E-state index in [2.05, 4.69) is 10.3 Å². The second kappa shape index (κ2) is 8.65. The second-order valence-corrected chi connectivity index (χ2v) is 5.17. The van der Waals surface area contributed by atoms with Crippen LogP contribution in [0.5, 0.6) is 5.75 Å². The quantitative estimate of drug-likeness (QED) is 0.842. The van der Waals surface area contributed by atoms with E-state index in [0.717, 1.165) is 11.3 Å². The van der Waals surface area contributed by atoms with Gasteiger partial charge in [0.1, 0.15) is 11.8 Å². The highest BCUT2D eigenvalue weighted by Crippen LogP contribution is 2.19. The third kappa shape index (κ3) is 4.80. The van der Waals surface area contributed by atoms with Crippen LogP contribution >= 0.6 is 0 Å². The largest absolute Gasteiger partial charge is 0.497 e. The van der Waals surface area contributed by atoms with Crippen molar-refractivity contribution < 1.29 is 14.3 Å². The molecule has 6 nitrogen and oxygen atoms in total. The molecule has 1 aromatic heterocycles. The highest BCUT2D eigenvalue weighted by Gasteiger charge is 2.13. The Morgan fingerprint density at radius 3 is 2.67 bits per heavy atom. The first-order chi connectivity index (χ1) is 11.7. The van der Waals surface area contributed by atoms with Gasteiger partial charge in [-0.2, -0.15) is 5.26 Å². The number of hydrogen-bond acceptors (Lipinski definition) is 5. The van der Waals surface area contributed by atoms with Gasteiger partial charge < -0.3 is 14.8 Å². The fourth-order valence-corrected chi connectivity index (χ4v) is 2.26. The molecule has 2 aromatic rings. The molecule has 0 aliphatic rings. The van der Waals surface area contributed by atoms with E-state index in [0.29, 0.717) is 17.7 Å². The van der Waals surface area contributed by atoms with Crippen molar-refractivity contribution in [2.45, 2.75) is 12.5 Å². The lowest BCUT2D eigenvalue weighted by molar-refractivity contribution is -0.121. The van der Waals surface area contributed by atoms with Crippen molar-refractivity contribution in [1.82, 2.24) is 10.3 Å². The van der Waals surface area contributed by atoms with Gasteiger partial charge in [0.05, 0.1) is 25.2 Å². The van der Waals surface area contributed by atoms with Crippen molar-refractivity contribution in [2.24, 2.45) is 0 Å². The Kier molecular flexibility index (Phi) is 6.29. The normalized spacial score (nSPS) is 11.4. The van der Waals surface area contributed by atoms with Gasteiger partial charge in [-0.3, -0.25) is 9.78 Å². The third-order valence-electron chi connectivity index (χ3n) is 3.55. The minimum absolute atomic E-state index is 0.151. The predicted molar refractivity (Wildman–Crippen MR) is 88.4 cm³/mol. The molecule has 0 spiro atoms. The molecule has 1 unspecified atom stereocenters.